The molecular formula is C32H32N4O4S. The van der Waals surface area contributed by atoms with Crippen molar-refractivity contribution in [2.24, 2.45) is 11.8 Å². The Morgan fingerprint density at radius 3 is 2.63 bits per heavy atom. The topological polar surface area (TPSA) is 106 Å². The summed E-state index contributed by atoms with van der Waals surface area (Å²) in [5, 5.41) is 14.9. The van der Waals surface area contributed by atoms with Crippen molar-refractivity contribution in [2.75, 3.05) is 13.6 Å². The highest BCUT2D eigenvalue weighted by Crippen LogP contribution is 2.37. The van der Waals surface area contributed by atoms with Crippen LogP contribution in [-0.2, 0) is 4.79 Å². The lowest BCUT2D eigenvalue weighted by Gasteiger charge is -2.14. The summed E-state index contributed by atoms with van der Waals surface area (Å²) in [5.74, 6) is 2.54. The number of thiophene rings is 1. The number of carbonyl (C=O) groups excluding carboxylic acids is 1. The first-order valence-electron chi connectivity index (χ1n) is 13.9. The van der Waals surface area contributed by atoms with Crippen LogP contribution in [0.15, 0.2) is 65.6 Å². The van der Waals surface area contributed by atoms with Crippen LogP contribution in [0.2, 0.25) is 0 Å². The molecule has 1 aliphatic rings. The lowest BCUT2D eigenvalue weighted by atomic mass is 9.97. The number of aliphatic hydroxyl groups is 1. The van der Waals surface area contributed by atoms with Crippen LogP contribution in [0.25, 0.3) is 32.7 Å². The second kappa shape index (κ2) is 11.4. The molecule has 1 aliphatic carbocycles. The molecule has 41 heavy (non-hydrogen) atoms. The van der Waals surface area contributed by atoms with Gasteiger partial charge in [0.25, 0.3) is 0 Å². The first-order valence-corrected chi connectivity index (χ1v) is 14.7. The molecule has 0 bridgehead atoms. The van der Waals surface area contributed by atoms with E-state index in [9.17, 15) is 14.7 Å². The number of hydrogen-bond donors (Lipinski definition) is 2. The molecule has 3 heterocycles. The van der Waals surface area contributed by atoms with Gasteiger partial charge in [0.2, 0.25) is 0 Å². The summed E-state index contributed by atoms with van der Waals surface area (Å²) in [5.41, 5.74) is 2.35. The van der Waals surface area contributed by atoms with Crippen LogP contribution >= 0.6 is 11.3 Å². The van der Waals surface area contributed by atoms with Crippen molar-refractivity contribution in [3.05, 3.63) is 81.4 Å². The van der Waals surface area contributed by atoms with E-state index in [0.717, 1.165) is 40.8 Å². The van der Waals surface area contributed by atoms with E-state index < -0.39 is 5.69 Å². The number of aliphatic hydroxyl groups excluding tert-OH is 1. The van der Waals surface area contributed by atoms with E-state index in [2.05, 4.69) is 15.3 Å². The summed E-state index contributed by atoms with van der Waals surface area (Å²) >= 11 is 1.37. The molecule has 8 nitrogen and oxygen atoms in total. The molecule has 0 unspecified atom stereocenters. The normalized spacial score (nSPS) is 17.8. The number of nitrogens with zero attached hydrogens (tertiary/aromatic N) is 3. The summed E-state index contributed by atoms with van der Waals surface area (Å²) in [4.78, 5) is 35.3. The van der Waals surface area contributed by atoms with Crippen molar-refractivity contribution < 1.29 is 14.6 Å². The van der Waals surface area contributed by atoms with Gasteiger partial charge in [0.05, 0.1) is 27.7 Å². The average Bonchev–Trinajstić information content (AvgIpc) is 3.55. The van der Waals surface area contributed by atoms with Crippen LogP contribution in [0, 0.1) is 18.8 Å². The van der Waals surface area contributed by atoms with Gasteiger partial charge in [0.15, 0.2) is 0 Å². The fourth-order valence-electron chi connectivity index (χ4n) is 6.04. The lowest BCUT2D eigenvalue weighted by Crippen LogP contribution is -2.24. The molecule has 0 amide bonds. The van der Waals surface area contributed by atoms with E-state index in [0.29, 0.717) is 58.2 Å². The molecule has 0 aliphatic heterocycles. The Bertz CT molecular complexity index is 1850. The number of pyridine rings is 1. The fraction of sp³-hybridized carbons (Fsp3) is 0.312. The van der Waals surface area contributed by atoms with Gasteiger partial charge in [-0.3, -0.25) is 9.36 Å². The minimum Gasteiger partial charge on any atom is -0.511 e. The second-order valence-electron chi connectivity index (χ2n) is 10.9. The number of aryl methyl sites for hydroxylation is 1. The highest BCUT2D eigenvalue weighted by Gasteiger charge is 2.28. The summed E-state index contributed by atoms with van der Waals surface area (Å²) in [6.07, 6.45) is 5.65. The maximum Gasteiger partial charge on any atom is 0.353 e. The van der Waals surface area contributed by atoms with Crippen LogP contribution < -0.4 is 20.3 Å². The Balaban J connectivity index is 1.33. The van der Waals surface area contributed by atoms with Crippen LogP contribution in [0.3, 0.4) is 0 Å². The predicted molar refractivity (Wildman–Crippen MR) is 162 cm³/mol. The number of para-hydroxylation sites is 1. The van der Waals surface area contributed by atoms with Gasteiger partial charge in [-0.2, -0.15) is 4.98 Å². The summed E-state index contributed by atoms with van der Waals surface area (Å²) in [6.45, 7) is 2.34. The maximum atomic E-state index is 13.5. The molecule has 9 heteroatoms. The summed E-state index contributed by atoms with van der Waals surface area (Å²) in [7, 11) is 1.79. The molecule has 210 valence electrons. The Morgan fingerprint density at radius 1 is 1.10 bits per heavy atom. The lowest BCUT2D eigenvalue weighted by molar-refractivity contribution is -0.119. The largest absolute Gasteiger partial charge is 0.511 e. The highest BCUT2D eigenvalue weighted by molar-refractivity contribution is 7.17. The third-order valence-corrected chi connectivity index (χ3v) is 8.99. The zero-order valence-electron chi connectivity index (χ0n) is 23.1. The molecule has 1 saturated carbocycles. The zero-order chi connectivity index (χ0) is 28.5. The number of benzene rings is 2. The monoisotopic (exact) mass is 568 g/mol. The van der Waals surface area contributed by atoms with Crippen molar-refractivity contribution in [3.8, 4) is 17.2 Å². The van der Waals surface area contributed by atoms with Gasteiger partial charge in [-0.25, -0.2) is 9.78 Å². The number of likely N-dealkylation sites (N-methyl/N-ethyl adjacent to an activating group) is 1. The predicted octanol–water partition coefficient (Wildman–Crippen LogP) is 5.47. The number of rotatable bonds is 9. The number of hydrogen-bond acceptors (Lipinski definition) is 8. The molecule has 3 aromatic heterocycles. The first kappa shape index (κ1) is 27.1. The molecule has 2 atom stereocenters. The van der Waals surface area contributed by atoms with Crippen LogP contribution in [0.5, 0.6) is 11.5 Å². The van der Waals surface area contributed by atoms with Gasteiger partial charge in [0.1, 0.15) is 33.4 Å². The van der Waals surface area contributed by atoms with Gasteiger partial charge < -0.3 is 15.2 Å². The van der Waals surface area contributed by atoms with E-state index in [-0.39, 0.29) is 11.5 Å². The van der Waals surface area contributed by atoms with Crippen LogP contribution in [-0.4, -0.2) is 39.0 Å². The van der Waals surface area contributed by atoms with Gasteiger partial charge in [-0.1, -0.05) is 18.2 Å². The van der Waals surface area contributed by atoms with E-state index in [1.165, 1.54) is 11.3 Å². The minimum atomic E-state index is -0.416. The molecule has 2 aromatic carbocycles. The van der Waals surface area contributed by atoms with Gasteiger partial charge >= 0.3 is 5.69 Å². The SMILES string of the molecule is CNCC(=O)C[C@H]1CC[C@H](CC(O)=c2sc3nccc4c3c2nc(=O)n4-c2ccc(Oc3ccccc3)cc2C)C1. The van der Waals surface area contributed by atoms with Crippen molar-refractivity contribution in [2.45, 2.75) is 39.0 Å². The Kier molecular flexibility index (Phi) is 7.55. The van der Waals surface area contributed by atoms with E-state index in [1.807, 2.05) is 61.5 Å². The average molecular weight is 569 g/mol. The molecule has 0 saturated heterocycles. The third-order valence-electron chi connectivity index (χ3n) is 7.86. The van der Waals surface area contributed by atoms with E-state index in [1.54, 1.807) is 17.8 Å². The van der Waals surface area contributed by atoms with Crippen LogP contribution in [0.4, 0.5) is 0 Å². The van der Waals surface area contributed by atoms with E-state index in [4.69, 9.17) is 4.74 Å². The Hall–Kier alpha value is -4.08. The number of carbonyl (C=O) groups is 1. The molecule has 1 fully saturated rings. The van der Waals surface area contributed by atoms with Crippen molar-refractivity contribution in [3.63, 3.8) is 0 Å². The molecule has 0 radical (unpaired) electrons. The smallest absolute Gasteiger partial charge is 0.353 e. The van der Waals surface area contributed by atoms with E-state index >= 15 is 0 Å². The molecule has 6 rings (SSSR count). The fourth-order valence-corrected chi connectivity index (χ4v) is 7.09. The number of ether oxygens (including phenoxy) is 1. The Labute approximate surface area is 241 Å². The number of nitrogens with one attached hydrogen (secondary N) is 1. The summed E-state index contributed by atoms with van der Waals surface area (Å²) < 4.78 is 8.19. The highest BCUT2D eigenvalue weighted by atomic mass is 32.1. The number of Topliss-reactive ketones (excluding diaryl/α,β-unsaturated/α-hetero) is 1. The number of aromatic nitrogens is 3. The molecular weight excluding hydrogens is 536 g/mol. The van der Waals surface area contributed by atoms with Crippen molar-refractivity contribution in [1.29, 1.82) is 0 Å². The molecule has 5 aromatic rings. The molecule has 2 N–H and O–H groups in total. The van der Waals surface area contributed by atoms with Crippen molar-refractivity contribution in [1.82, 2.24) is 19.9 Å². The van der Waals surface area contributed by atoms with Gasteiger partial charge in [-0.05, 0) is 87.0 Å². The van der Waals surface area contributed by atoms with Gasteiger partial charge in [0, 0.05) is 19.0 Å². The second-order valence-corrected chi connectivity index (χ2v) is 11.9. The Morgan fingerprint density at radius 2 is 1.88 bits per heavy atom. The maximum absolute atomic E-state index is 13.5. The zero-order valence-corrected chi connectivity index (χ0v) is 23.9. The standard InChI is InChI=1S/C32H32N4O4S/c1-19-14-24(40-23-6-4-3-5-7-23)10-11-25(19)36-26-12-13-34-31-28(26)29(35-32(36)39)30(41-31)27(38)17-21-9-8-20(15-21)16-22(37)18-33-2/h3-7,10-14,20-21,33,38H,8-9,15-18H2,1-2H3/t20-,21-/m0/s1. The third kappa shape index (κ3) is 5.47. The first-order chi connectivity index (χ1) is 19.9. The minimum absolute atomic E-state index is 0.231. The quantitative estimate of drug-likeness (QED) is 0.243. The van der Waals surface area contributed by atoms with Gasteiger partial charge in [-0.15, -0.1) is 11.3 Å². The van der Waals surface area contributed by atoms with Crippen molar-refractivity contribution >= 4 is 44.1 Å². The number of ketones is 1. The molecule has 0 spiro atoms. The summed E-state index contributed by atoms with van der Waals surface area (Å²) in [6, 6.07) is 17.0. The van der Waals surface area contributed by atoms with Crippen LogP contribution in [0.1, 0.15) is 37.7 Å².